The van der Waals surface area contributed by atoms with Gasteiger partial charge in [-0.2, -0.15) is 11.1 Å². The zero-order valence-electron chi connectivity index (χ0n) is 11.6. The van der Waals surface area contributed by atoms with Crippen molar-refractivity contribution in [2.24, 2.45) is 0 Å². The summed E-state index contributed by atoms with van der Waals surface area (Å²) in [6.07, 6.45) is 6.80. The van der Waals surface area contributed by atoms with Crippen molar-refractivity contribution in [1.29, 1.82) is 0 Å². The van der Waals surface area contributed by atoms with Gasteiger partial charge in [0.1, 0.15) is 0 Å². The van der Waals surface area contributed by atoms with Gasteiger partial charge in [0.25, 0.3) is 0 Å². The Balaban J connectivity index is -0.000000125. The van der Waals surface area contributed by atoms with Gasteiger partial charge in [0.15, 0.2) is 0 Å². The Morgan fingerprint density at radius 3 is 1.09 bits per heavy atom. The molecule has 0 aliphatic carbocycles. The van der Waals surface area contributed by atoms with E-state index in [0.29, 0.717) is 0 Å². The van der Waals surface area contributed by atoms with Gasteiger partial charge in [0.05, 0.1) is 0 Å². The first-order valence-corrected chi connectivity index (χ1v) is 5.73. The molecular formula is C18H16Cl2Pd2-6. The Labute approximate surface area is 174 Å². The first-order chi connectivity index (χ1) is 8.86. The van der Waals surface area contributed by atoms with Gasteiger partial charge in [-0.1, -0.05) is 60.7 Å². The molecule has 0 aromatic heterocycles. The smallest absolute Gasteiger partial charge is 0 e. The molecule has 0 unspecified atom stereocenters. The van der Waals surface area contributed by atoms with Crippen molar-refractivity contribution in [1.82, 2.24) is 0 Å². The molecule has 0 atom stereocenters. The molecule has 0 nitrogen and oxygen atoms in total. The fourth-order valence-electron chi connectivity index (χ4n) is 1.35. The molecule has 22 heavy (non-hydrogen) atoms. The quantitative estimate of drug-likeness (QED) is 0.342. The number of rotatable bonds is 4. The topological polar surface area (TPSA) is 0 Å². The van der Waals surface area contributed by atoms with Crippen LogP contribution in [0.3, 0.4) is 0 Å². The Kier molecular flexibility index (Phi) is 27.6. The predicted octanol–water partition coefficient (Wildman–Crippen LogP) is -1.54. The van der Waals surface area contributed by atoms with Crippen molar-refractivity contribution in [2.75, 3.05) is 0 Å². The van der Waals surface area contributed by atoms with E-state index < -0.39 is 0 Å². The molecule has 0 bridgehead atoms. The molecule has 0 fully saturated rings. The van der Waals surface area contributed by atoms with Gasteiger partial charge < -0.3 is 63.0 Å². The van der Waals surface area contributed by atoms with Gasteiger partial charge in [0, 0.05) is 40.8 Å². The summed E-state index contributed by atoms with van der Waals surface area (Å²) in [7, 11) is 0. The Morgan fingerprint density at radius 1 is 0.591 bits per heavy atom. The van der Waals surface area contributed by atoms with Crippen molar-refractivity contribution >= 4 is 0 Å². The van der Waals surface area contributed by atoms with Gasteiger partial charge in [-0.15, -0.1) is 0 Å². The summed E-state index contributed by atoms with van der Waals surface area (Å²) in [5.41, 5.74) is 2.28. The summed E-state index contributed by atoms with van der Waals surface area (Å²) in [5.74, 6) is 0. The molecule has 128 valence electrons. The van der Waals surface area contributed by atoms with Gasteiger partial charge in [-0.25, -0.2) is 0 Å². The fraction of sp³-hybridized carbons (Fsp3) is 0. The second kappa shape index (κ2) is 20.6. The molecular weight excluding hydrogens is 500 g/mol. The molecule has 0 saturated carbocycles. The molecule has 0 aliphatic heterocycles. The van der Waals surface area contributed by atoms with E-state index in [0.717, 1.165) is 11.1 Å². The van der Waals surface area contributed by atoms with Crippen LogP contribution in [0, 0.1) is 26.0 Å². The molecule has 4 heteroatoms. The van der Waals surface area contributed by atoms with E-state index in [-0.39, 0.29) is 65.7 Å². The van der Waals surface area contributed by atoms with Crippen LogP contribution in [0.2, 0.25) is 0 Å². The van der Waals surface area contributed by atoms with E-state index in [9.17, 15) is 0 Å². The summed E-state index contributed by atoms with van der Waals surface area (Å²) in [6.45, 7) is 10.4. The number of halogens is 2. The maximum atomic E-state index is 5.18. The molecule has 0 heterocycles. The molecule has 2 rings (SSSR count). The van der Waals surface area contributed by atoms with Crippen LogP contribution >= 0.6 is 0 Å². The van der Waals surface area contributed by atoms with Crippen LogP contribution in [0.25, 0.3) is 0 Å². The third-order valence-electron chi connectivity index (χ3n) is 2.18. The summed E-state index contributed by atoms with van der Waals surface area (Å²) in [6, 6.07) is 19.9. The molecule has 2 aromatic rings. The molecule has 0 saturated heterocycles. The van der Waals surface area contributed by atoms with Crippen LogP contribution in [0.15, 0.2) is 72.8 Å². The van der Waals surface area contributed by atoms with E-state index >= 15 is 0 Å². The van der Waals surface area contributed by atoms with Crippen LogP contribution in [0.4, 0.5) is 0 Å². The van der Waals surface area contributed by atoms with Crippen molar-refractivity contribution in [2.45, 2.75) is 0 Å². The maximum absolute atomic E-state index is 5.18. The summed E-state index contributed by atoms with van der Waals surface area (Å²) in [5, 5.41) is 0. The van der Waals surface area contributed by atoms with E-state index in [1.165, 1.54) is 12.2 Å². The van der Waals surface area contributed by atoms with Crippen LogP contribution in [0.5, 0.6) is 0 Å². The Hall–Kier alpha value is -0.435. The van der Waals surface area contributed by atoms with E-state index in [1.807, 2.05) is 73.5 Å². The van der Waals surface area contributed by atoms with Crippen LogP contribution in [-0.4, -0.2) is 0 Å². The van der Waals surface area contributed by atoms with Gasteiger partial charge in [-0.3, -0.25) is 0 Å². The normalized spacial score (nSPS) is 6.91. The van der Waals surface area contributed by atoms with Crippen molar-refractivity contribution < 1.29 is 65.7 Å². The van der Waals surface area contributed by atoms with Crippen LogP contribution in [-0.2, 0) is 40.8 Å². The minimum Gasteiger partial charge on any atom is -1.00 e. The zero-order valence-corrected chi connectivity index (χ0v) is 16.2. The molecule has 0 amide bonds. The van der Waals surface area contributed by atoms with Crippen molar-refractivity contribution in [3.63, 3.8) is 0 Å². The zero-order chi connectivity index (χ0) is 13.1. The average molecular weight is 516 g/mol. The SMILES string of the molecule is [CH-]=C[CH-]c1ccccc1.[CH-]=C[CH-]c1ccccc1.[Cl-].[Cl-].[Pd].[Pd]. The number of allylic oxidation sites excluding steroid dienone is 2. The van der Waals surface area contributed by atoms with Gasteiger partial charge in [-0.05, 0) is 0 Å². The molecule has 0 radical (unpaired) electrons. The van der Waals surface area contributed by atoms with E-state index in [1.54, 1.807) is 0 Å². The summed E-state index contributed by atoms with van der Waals surface area (Å²) in [4.78, 5) is 0. The second-order valence-corrected chi connectivity index (χ2v) is 3.54. The molecule has 0 spiro atoms. The largest absolute Gasteiger partial charge is 1.00 e. The maximum Gasteiger partial charge on any atom is 0 e. The fourth-order valence-corrected chi connectivity index (χ4v) is 1.35. The van der Waals surface area contributed by atoms with E-state index in [4.69, 9.17) is 13.2 Å². The summed E-state index contributed by atoms with van der Waals surface area (Å²) < 4.78 is 0. The molecule has 0 N–H and O–H groups in total. The Bertz CT molecular complexity index is 414. The van der Waals surface area contributed by atoms with E-state index in [2.05, 4.69) is 0 Å². The third kappa shape index (κ3) is 14.5. The number of hydrogen-bond acceptors (Lipinski definition) is 0. The first-order valence-electron chi connectivity index (χ1n) is 5.73. The predicted molar refractivity (Wildman–Crippen MR) is 77.4 cm³/mol. The van der Waals surface area contributed by atoms with Gasteiger partial charge >= 0.3 is 0 Å². The average Bonchev–Trinajstić information content (AvgIpc) is 2.43. The monoisotopic (exact) mass is 514 g/mol. The minimum absolute atomic E-state index is 0. The molecule has 2 aromatic carbocycles. The van der Waals surface area contributed by atoms with Crippen LogP contribution in [0.1, 0.15) is 11.1 Å². The van der Waals surface area contributed by atoms with Crippen molar-refractivity contribution in [3.05, 3.63) is 110 Å². The number of hydrogen-bond donors (Lipinski definition) is 0. The standard InChI is InChI=1S/2C9H8.2ClH.2Pd/c2*1-2-6-9-7-4-3-5-8-9;;;;/h2*1-8H;2*1H;;/q2*-2;;;;/p-2. The van der Waals surface area contributed by atoms with Crippen molar-refractivity contribution in [3.8, 4) is 0 Å². The number of benzene rings is 2. The molecule has 0 aliphatic rings. The van der Waals surface area contributed by atoms with Gasteiger partial charge in [0.2, 0.25) is 0 Å². The second-order valence-electron chi connectivity index (χ2n) is 3.54. The third-order valence-corrected chi connectivity index (χ3v) is 2.18. The summed E-state index contributed by atoms with van der Waals surface area (Å²) >= 11 is 0. The Morgan fingerprint density at radius 2 is 0.864 bits per heavy atom. The first kappa shape index (κ1) is 29.6. The minimum atomic E-state index is 0. The van der Waals surface area contributed by atoms with Crippen LogP contribution < -0.4 is 24.8 Å².